The van der Waals surface area contributed by atoms with Gasteiger partial charge in [-0.25, -0.2) is 4.39 Å². The molecule has 0 aliphatic heterocycles. The van der Waals surface area contributed by atoms with E-state index in [1.165, 1.54) is 24.3 Å². The molecule has 4 heteroatoms. The third-order valence-corrected chi connectivity index (χ3v) is 1.21. The van der Waals surface area contributed by atoms with Crippen molar-refractivity contribution in [3.05, 3.63) is 46.6 Å². The van der Waals surface area contributed by atoms with E-state index in [0.717, 1.165) is 0 Å². The van der Waals surface area contributed by atoms with E-state index in [9.17, 15) is 14.5 Å². The highest BCUT2D eigenvalue weighted by Gasteiger charge is 2.04. The molecule has 1 rings (SSSR count). The molecule has 0 saturated carbocycles. The maximum absolute atomic E-state index is 11.8. The minimum Gasteiger partial charge on any atom is -0.258 e. The summed E-state index contributed by atoms with van der Waals surface area (Å²) in [5, 5.41) is 10.1. The zero-order valence-electron chi connectivity index (χ0n) is 5.53. The van der Waals surface area contributed by atoms with Gasteiger partial charge in [-0.15, -0.1) is 0 Å². The lowest BCUT2D eigenvalue weighted by Gasteiger charge is -1.92. The van der Waals surface area contributed by atoms with Crippen LogP contribution in [-0.4, -0.2) is 4.92 Å². The van der Waals surface area contributed by atoms with Crippen LogP contribution >= 0.6 is 0 Å². The molecule has 0 aliphatic carbocycles. The summed E-state index contributed by atoms with van der Waals surface area (Å²) in [4.78, 5) is 9.58. The van der Waals surface area contributed by atoms with Gasteiger partial charge in [0.05, 0.1) is 4.92 Å². The number of rotatable bonds is 2. The molecule has 57 valence electrons. The van der Waals surface area contributed by atoms with Crippen LogP contribution in [0.2, 0.25) is 0 Å². The van der Waals surface area contributed by atoms with E-state index in [-0.39, 0.29) is 11.3 Å². The highest BCUT2D eigenvalue weighted by Crippen LogP contribution is 2.14. The fourth-order valence-corrected chi connectivity index (χ4v) is 0.706. The molecular weight excluding hydrogens is 149 g/mol. The average Bonchev–Trinajstić information content (AvgIpc) is 2.05. The Morgan fingerprint density at radius 3 is 2.82 bits per heavy atom. The van der Waals surface area contributed by atoms with E-state index in [0.29, 0.717) is 6.67 Å². The normalized spacial score (nSPS) is 9.55. The highest BCUT2D eigenvalue weighted by atomic mass is 19.1. The maximum Gasteiger partial charge on any atom is 0.269 e. The predicted molar refractivity (Wildman–Crippen MR) is 37.6 cm³/mol. The molecule has 0 spiro atoms. The second-order valence-electron chi connectivity index (χ2n) is 1.96. The van der Waals surface area contributed by atoms with Gasteiger partial charge in [0, 0.05) is 12.1 Å². The SMILES string of the molecule is O=[N+]([O-])c1cccc([CH]F)c1. The van der Waals surface area contributed by atoms with Gasteiger partial charge in [-0.2, -0.15) is 0 Å². The Kier molecular flexibility index (Phi) is 2.15. The summed E-state index contributed by atoms with van der Waals surface area (Å²) in [5.41, 5.74) is 0.107. The van der Waals surface area contributed by atoms with Crippen molar-refractivity contribution in [1.29, 1.82) is 0 Å². The van der Waals surface area contributed by atoms with Crippen LogP contribution in [0.4, 0.5) is 10.1 Å². The van der Waals surface area contributed by atoms with Gasteiger partial charge in [-0.1, -0.05) is 12.1 Å². The summed E-state index contributed by atoms with van der Waals surface area (Å²) in [6, 6.07) is 5.36. The van der Waals surface area contributed by atoms with E-state index < -0.39 is 4.92 Å². The lowest BCUT2D eigenvalue weighted by molar-refractivity contribution is -0.384. The predicted octanol–water partition coefficient (Wildman–Crippen LogP) is 2.07. The number of nitro benzene ring substituents is 1. The fourth-order valence-electron chi connectivity index (χ4n) is 0.706. The van der Waals surface area contributed by atoms with Gasteiger partial charge in [0.1, 0.15) is 0 Å². The Bertz CT molecular complexity index is 275. The van der Waals surface area contributed by atoms with Crippen LogP contribution in [-0.2, 0) is 0 Å². The fraction of sp³-hybridized carbons (Fsp3) is 0. The molecule has 1 aromatic rings. The van der Waals surface area contributed by atoms with Gasteiger partial charge in [0.25, 0.3) is 5.69 Å². The molecular formula is C7H5FNO2. The van der Waals surface area contributed by atoms with Gasteiger partial charge in [0.15, 0.2) is 6.67 Å². The summed E-state index contributed by atoms with van der Waals surface area (Å²) in [6.07, 6.45) is 0. The van der Waals surface area contributed by atoms with Crippen molar-refractivity contribution in [2.75, 3.05) is 0 Å². The van der Waals surface area contributed by atoms with Crippen molar-refractivity contribution in [3.63, 3.8) is 0 Å². The molecule has 11 heavy (non-hydrogen) atoms. The van der Waals surface area contributed by atoms with Gasteiger partial charge in [0.2, 0.25) is 0 Å². The van der Waals surface area contributed by atoms with Crippen molar-refractivity contribution in [3.8, 4) is 0 Å². The second-order valence-corrected chi connectivity index (χ2v) is 1.96. The molecule has 0 unspecified atom stereocenters. The first-order valence-corrected chi connectivity index (χ1v) is 2.92. The Balaban J connectivity index is 3.01. The topological polar surface area (TPSA) is 43.1 Å². The number of nitrogens with zero attached hydrogens (tertiary/aromatic N) is 1. The van der Waals surface area contributed by atoms with Gasteiger partial charge >= 0.3 is 0 Å². The smallest absolute Gasteiger partial charge is 0.258 e. The maximum atomic E-state index is 11.8. The van der Waals surface area contributed by atoms with Crippen LogP contribution < -0.4 is 0 Å². The van der Waals surface area contributed by atoms with E-state index in [2.05, 4.69) is 0 Å². The van der Waals surface area contributed by atoms with E-state index in [1.54, 1.807) is 0 Å². The molecule has 0 fully saturated rings. The number of benzene rings is 1. The van der Waals surface area contributed by atoms with Crippen molar-refractivity contribution < 1.29 is 9.31 Å². The van der Waals surface area contributed by atoms with Gasteiger partial charge < -0.3 is 0 Å². The molecule has 1 aromatic carbocycles. The molecule has 1 radical (unpaired) electrons. The Labute approximate surface area is 62.6 Å². The van der Waals surface area contributed by atoms with Crippen LogP contribution in [0.1, 0.15) is 5.56 Å². The van der Waals surface area contributed by atoms with Crippen molar-refractivity contribution in [1.82, 2.24) is 0 Å². The number of hydrogen-bond acceptors (Lipinski definition) is 2. The Morgan fingerprint density at radius 1 is 1.55 bits per heavy atom. The summed E-state index contributed by atoms with van der Waals surface area (Å²) in [6.45, 7) is 0.326. The van der Waals surface area contributed by atoms with Crippen molar-refractivity contribution in [2.45, 2.75) is 0 Å². The minimum absolute atomic E-state index is 0.101. The third-order valence-electron chi connectivity index (χ3n) is 1.21. The summed E-state index contributed by atoms with van der Waals surface area (Å²) in [5.74, 6) is 0. The summed E-state index contributed by atoms with van der Waals surface area (Å²) < 4.78 is 11.8. The van der Waals surface area contributed by atoms with E-state index in [4.69, 9.17) is 0 Å². The van der Waals surface area contributed by atoms with Gasteiger partial charge in [-0.05, 0) is 5.56 Å². The molecule has 3 nitrogen and oxygen atoms in total. The molecule has 0 aromatic heterocycles. The lowest BCUT2D eigenvalue weighted by atomic mass is 10.2. The van der Waals surface area contributed by atoms with E-state index in [1.807, 2.05) is 0 Å². The number of halogens is 1. The first kappa shape index (κ1) is 7.65. The molecule has 0 atom stereocenters. The summed E-state index contributed by atoms with van der Waals surface area (Å²) in [7, 11) is 0. The molecule has 0 N–H and O–H groups in total. The number of nitro groups is 1. The largest absolute Gasteiger partial charge is 0.269 e. The molecule has 0 amide bonds. The Hall–Kier alpha value is -1.45. The first-order valence-electron chi connectivity index (χ1n) is 2.92. The quantitative estimate of drug-likeness (QED) is 0.483. The van der Waals surface area contributed by atoms with Crippen LogP contribution in [0.5, 0.6) is 0 Å². The van der Waals surface area contributed by atoms with E-state index >= 15 is 0 Å². The third kappa shape index (κ3) is 1.73. The lowest BCUT2D eigenvalue weighted by Crippen LogP contribution is -1.87. The van der Waals surface area contributed by atoms with Crippen molar-refractivity contribution in [2.24, 2.45) is 0 Å². The Morgan fingerprint density at radius 2 is 2.27 bits per heavy atom. The number of hydrogen-bond donors (Lipinski definition) is 0. The average molecular weight is 154 g/mol. The summed E-state index contributed by atoms with van der Waals surface area (Å²) >= 11 is 0. The zero-order chi connectivity index (χ0) is 8.27. The molecule has 0 bridgehead atoms. The standard InChI is InChI=1S/C7H5FNO2/c8-5-6-2-1-3-7(4-6)9(10)11/h1-5H. The number of non-ortho nitro benzene ring substituents is 1. The van der Waals surface area contributed by atoms with Crippen LogP contribution in [0.15, 0.2) is 24.3 Å². The molecule has 0 aliphatic rings. The van der Waals surface area contributed by atoms with Crippen LogP contribution in [0.25, 0.3) is 0 Å². The molecule has 0 heterocycles. The van der Waals surface area contributed by atoms with Gasteiger partial charge in [-0.3, -0.25) is 10.1 Å². The van der Waals surface area contributed by atoms with Crippen LogP contribution in [0.3, 0.4) is 0 Å². The van der Waals surface area contributed by atoms with Crippen molar-refractivity contribution >= 4 is 5.69 Å². The zero-order valence-corrected chi connectivity index (χ0v) is 5.53. The minimum atomic E-state index is -0.562. The van der Waals surface area contributed by atoms with Crippen LogP contribution in [0, 0.1) is 16.8 Å². The molecule has 0 saturated heterocycles. The monoisotopic (exact) mass is 154 g/mol. The second kappa shape index (κ2) is 3.09. The first-order chi connectivity index (χ1) is 5.24. The highest BCUT2D eigenvalue weighted by molar-refractivity contribution is 5.36.